The average Bonchev–Trinajstić information content (AvgIpc) is 3.72. The van der Waals surface area contributed by atoms with Crippen LogP contribution < -0.4 is 0 Å². The predicted molar refractivity (Wildman–Crippen MR) is 139 cm³/mol. The van der Waals surface area contributed by atoms with Gasteiger partial charge in [-0.15, -0.1) is 0 Å². The molecule has 6 bridgehead atoms. The molecule has 0 radical (unpaired) electrons. The van der Waals surface area contributed by atoms with E-state index in [-0.39, 0.29) is 51.6 Å². The molecule has 1 aromatic rings. The summed E-state index contributed by atoms with van der Waals surface area (Å²) in [7, 11) is 2.92. The molecule has 0 saturated heterocycles. The third kappa shape index (κ3) is 2.15. The predicted octanol–water partition coefficient (Wildman–Crippen LogP) is 5.18. The summed E-state index contributed by atoms with van der Waals surface area (Å²) in [6.45, 7) is 5.16. The highest BCUT2D eigenvalue weighted by Crippen LogP contribution is 2.95. The molecule has 0 aromatic heterocycles. The summed E-state index contributed by atoms with van der Waals surface area (Å²) in [6.07, 6.45) is 4.44. The molecule has 0 spiro atoms. The van der Waals surface area contributed by atoms with Crippen LogP contribution in [0.4, 0.5) is 5.69 Å². The quantitative estimate of drug-likeness (QED) is 0.231. The second-order valence-electron chi connectivity index (χ2n) is 14.9. The van der Waals surface area contributed by atoms with E-state index in [1.807, 2.05) is 6.07 Å². The molecule has 0 unspecified atom stereocenters. The Morgan fingerprint density at radius 2 is 1.31 bits per heavy atom. The van der Waals surface area contributed by atoms with Crippen LogP contribution in [0.15, 0.2) is 18.2 Å². The number of rotatable bonds is 3. The number of benzene rings is 1. The maximum atomic E-state index is 13.1. The molecule has 1 aromatic carbocycles. The highest BCUT2D eigenvalue weighted by atomic mass is 16.6. The molecule has 7 heteroatoms. The number of nitro benzene ring substituents is 1. The lowest BCUT2D eigenvalue weighted by molar-refractivity contribution is -0.385. The third-order valence-corrected chi connectivity index (χ3v) is 15.1. The van der Waals surface area contributed by atoms with Gasteiger partial charge in [-0.1, -0.05) is 19.9 Å². The van der Waals surface area contributed by atoms with Gasteiger partial charge in [0.05, 0.1) is 31.0 Å². The zero-order valence-electron chi connectivity index (χ0n) is 23.0. The van der Waals surface area contributed by atoms with Crippen molar-refractivity contribution in [3.05, 3.63) is 39.4 Å². The Morgan fingerprint density at radius 1 is 0.795 bits per heavy atom. The highest BCUT2D eigenvalue weighted by molar-refractivity contribution is 5.83. The molecule has 9 aliphatic carbocycles. The van der Waals surface area contributed by atoms with Crippen LogP contribution in [0.3, 0.4) is 0 Å². The molecule has 8 fully saturated rings. The van der Waals surface area contributed by atoms with Crippen LogP contribution in [0.2, 0.25) is 0 Å². The summed E-state index contributed by atoms with van der Waals surface area (Å²) in [4.78, 5) is 37.6. The third-order valence-electron chi connectivity index (χ3n) is 15.1. The van der Waals surface area contributed by atoms with Gasteiger partial charge in [0, 0.05) is 12.1 Å². The topological polar surface area (TPSA) is 95.7 Å². The van der Waals surface area contributed by atoms with Crippen molar-refractivity contribution < 1.29 is 24.0 Å². The van der Waals surface area contributed by atoms with E-state index in [4.69, 9.17) is 9.47 Å². The summed E-state index contributed by atoms with van der Waals surface area (Å²) in [6, 6.07) is 5.66. The van der Waals surface area contributed by atoms with Gasteiger partial charge in [-0.25, -0.2) is 0 Å². The van der Waals surface area contributed by atoms with Crippen LogP contribution in [0, 0.1) is 92.0 Å². The lowest BCUT2D eigenvalue weighted by atomic mass is 9.18. The zero-order chi connectivity index (χ0) is 26.9. The molecule has 0 aliphatic heterocycles. The molecule has 16 atom stereocenters. The number of hydrogen-bond donors (Lipinski definition) is 0. The van der Waals surface area contributed by atoms with E-state index >= 15 is 0 Å². The van der Waals surface area contributed by atoms with E-state index in [9.17, 15) is 19.7 Å². The number of esters is 2. The summed E-state index contributed by atoms with van der Waals surface area (Å²) < 4.78 is 10.6. The highest BCUT2D eigenvalue weighted by Gasteiger charge is 2.90. The average molecular weight is 532 g/mol. The van der Waals surface area contributed by atoms with E-state index in [1.165, 1.54) is 31.8 Å². The van der Waals surface area contributed by atoms with Crippen LogP contribution in [-0.2, 0) is 19.1 Å². The Labute approximate surface area is 228 Å². The van der Waals surface area contributed by atoms with E-state index in [0.29, 0.717) is 64.6 Å². The number of non-ortho nitro benzene ring substituents is 1. The molecule has 39 heavy (non-hydrogen) atoms. The SMILES string of the molecule is COC(=O)[C@@H]1[C@H]2CC[C@@H]([C@H]1C(=O)OC)[C@@H]1[C@@H]3C[C@H]([C@H]21)[C@@H]1[C@H]3[C@@]2(C)[C@H]3[C@H]([C@H]4C[C@@H]3c3ccc([N+](=O)[O-])cc34)[C@@]12C. The van der Waals surface area contributed by atoms with Gasteiger partial charge in [0.25, 0.3) is 5.69 Å². The Balaban J connectivity index is 1.11. The van der Waals surface area contributed by atoms with Crippen molar-refractivity contribution in [3.8, 4) is 0 Å². The monoisotopic (exact) mass is 531 g/mol. The molecule has 0 amide bonds. The van der Waals surface area contributed by atoms with Gasteiger partial charge in [0.1, 0.15) is 0 Å². The van der Waals surface area contributed by atoms with E-state index in [1.54, 1.807) is 6.07 Å². The number of nitrogens with zero attached hydrogens (tertiary/aromatic N) is 1. The normalized spacial score (nSPS) is 55.4. The lowest BCUT2D eigenvalue weighted by Gasteiger charge is -2.85. The van der Waals surface area contributed by atoms with Crippen LogP contribution in [0.5, 0.6) is 0 Å². The number of carbonyl (C=O) groups excluding carboxylic acids is 2. The molecule has 9 aliphatic rings. The van der Waals surface area contributed by atoms with Crippen LogP contribution >= 0.6 is 0 Å². The van der Waals surface area contributed by atoms with Crippen molar-refractivity contribution in [2.45, 2.75) is 51.4 Å². The second-order valence-corrected chi connectivity index (χ2v) is 14.9. The number of fused-ring (bicyclic) bond motifs is 20. The van der Waals surface area contributed by atoms with Gasteiger partial charge in [-0.2, -0.15) is 0 Å². The van der Waals surface area contributed by atoms with Crippen LogP contribution in [-0.4, -0.2) is 31.1 Å². The van der Waals surface area contributed by atoms with Gasteiger partial charge < -0.3 is 9.47 Å². The largest absolute Gasteiger partial charge is 0.469 e. The number of carbonyl (C=O) groups is 2. The summed E-state index contributed by atoms with van der Waals surface area (Å²) in [5, 5.41) is 11.6. The van der Waals surface area contributed by atoms with Gasteiger partial charge in [0.2, 0.25) is 0 Å². The fourth-order valence-corrected chi connectivity index (χ4v) is 14.7. The molecule has 0 N–H and O–H groups in total. The minimum Gasteiger partial charge on any atom is -0.469 e. The molecular formula is C32H37NO6. The summed E-state index contributed by atoms with van der Waals surface area (Å²) >= 11 is 0. The standard InChI is InChI=1S/C32H37NO6/c1-31-25-17-10-18(16-9-12(33(36)37)5-6-13(16)17)26(25)32(31,2)28-20-11-19(27(28)31)21-14-7-8-15(22(20)21)24(30(35)39-4)23(14)29(34)38-3/h5-6,9,14-15,17-28H,7-8,10-11H2,1-4H3/t14-,15+,17-,18+,19+,20-,21-,22+,23-,24-,25-,26+,27+,28-,31-,32+/m1/s1. The first kappa shape index (κ1) is 23.3. The zero-order valence-corrected chi connectivity index (χ0v) is 23.0. The van der Waals surface area contributed by atoms with Crippen molar-refractivity contribution >= 4 is 17.6 Å². The first-order valence-electron chi connectivity index (χ1n) is 15.1. The van der Waals surface area contributed by atoms with Gasteiger partial charge >= 0.3 is 11.9 Å². The lowest BCUT2D eigenvalue weighted by Crippen LogP contribution is -2.82. The molecular weight excluding hydrogens is 494 g/mol. The molecule has 0 heterocycles. The van der Waals surface area contributed by atoms with Crippen LogP contribution in [0.1, 0.15) is 62.5 Å². The number of methoxy groups -OCH3 is 2. The summed E-state index contributed by atoms with van der Waals surface area (Å²) in [5.74, 6) is 5.16. The fourth-order valence-electron chi connectivity index (χ4n) is 14.7. The second kappa shape index (κ2) is 6.88. The number of nitro groups is 1. The molecule has 7 nitrogen and oxygen atoms in total. The maximum Gasteiger partial charge on any atom is 0.309 e. The Morgan fingerprint density at radius 3 is 1.79 bits per heavy atom. The number of hydrogen-bond acceptors (Lipinski definition) is 6. The Kier molecular flexibility index (Phi) is 4.11. The maximum absolute atomic E-state index is 13.1. The van der Waals surface area contributed by atoms with Crippen molar-refractivity contribution in [3.63, 3.8) is 0 Å². The molecule has 206 valence electrons. The molecule has 8 saturated carbocycles. The minimum absolute atomic E-state index is 0.210. The number of ether oxygens (including phenoxy) is 2. The van der Waals surface area contributed by atoms with Crippen molar-refractivity contribution in [1.29, 1.82) is 0 Å². The minimum atomic E-state index is -0.372. The van der Waals surface area contributed by atoms with E-state index in [0.717, 1.165) is 19.3 Å². The van der Waals surface area contributed by atoms with Crippen molar-refractivity contribution in [1.82, 2.24) is 0 Å². The van der Waals surface area contributed by atoms with Gasteiger partial charge in [-0.3, -0.25) is 19.7 Å². The summed E-state index contributed by atoms with van der Waals surface area (Å²) in [5.41, 5.74) is 3.42. The van der Waals surface area contributed by atoms with E-state index < -0.39 is 0 Å². The first-order valence-corrected chi connectivity index (χ1v) is 15.1. The van der Waals surface area contributed by atoms with Gasteiger partial charge in [-0.05, 0) is 119 Å². The van der Waals surface area contributed by atoms with Crippen molar-refractivity contribution in [2.75, 3.05) is 14.2 Å². The Bertz CT molecular complexity index is 1370. The Hall–Kier alpha value is -2.44. The van der Waals surface area contributed by atoms with E-state index in [2.05, 4.69) is 19.9 Å². The smallest absolute Gasteiger partial charge is 0.309 e. The van der Waals surface area contributed by atoms with Crippen molar-refractivity contribution in [2.24, 2.45) is 81.8 Å². The van der Waals surface area contributed by atoms with Crippen LogP contribution in [0.25, 0.3) is 0 Å². The fraction of sp³-hybridized carbons (Fsp3) is 0.750. The first-order chi connectivity index (χ1) is 18.7. The molecule has 10 rings (SSSR count). The van der Waals surface area contributed by atoms with Gasteiger partial charge in [0.15, 0.2) is 0 Å².